The summed E-state index contributed by atoms with van der Waals surface area (Å²) < 4.78 is 5.25. The molecule has 0 aliphatic heterocycles. The Morgan fingerprint density at radius 1 is 1.50 bits per heavy atom. The molecule has 0 aromatic carbocycles. The van der Waals surface area contributed by atoms with Gasteiger partial charge in [0.2, 0.25) is 0 Å². The number of ether oxygens (including phenoxy) is 1. The van der Waals surface area contributed by atoms with Crippen molar-refractivity contribution >= 4 is 0 Å². The van der Waals surface area contributed by atoms with Gasteiger partial charge in [0.25, 0.3) is 0 Å². The summed E-state index contributed by atoms with van der Waals surface area (Å²) in [6, 6.07) is 0.718. The lowest BCUT2D eigenvalue weighted by Gasteiger charge is -2.09. The largest absolute Gasteiger partial charge is 0.381 e. The monoisotopic (exact) mass is 143 g/mol. The average Bonchev–Trinajstić information content (AvgIpc) is 2.37. The molecule has 0 heterocycles. The Morgan fingerprint density at radius 3 is 2.80 bits per heavy atom. The van der Waals surface area contributed by atoms with Crippen LogP contribution in [0.15, 0.2) is 0 Å². The third kappa shape index (κ3) is 1.96. The normalized spacial score (nSPS) is 33.0. The maximum absolute atomic E-state index is 5.25. The van der Waals surface area contributed by atoms with Gasteiger partial charge in [-0.2, -0.15) is 0 Å². The van der Waals surface area contributed by atoms with Crippen LogP contribution in [-0.2, 0) is 4.74 Å². The van der Waals surface area contributed by atoms with Crippen molar-refractivity contribution in [3.8, 4) is 0 Å². The standard InChI is InChI=1S/C8H17NO/c1-3-9-7-4-5-8(6-7)10-2/h7-9H,3-6H2,1-2H3/t7-,8-/m1/s1. The molecular formula is C8H17NO. The summed E-state index contributed by atoms with van der Waals surface area (Å²) in [5.41, 5.74) is 0. The van der Waals surface area contributed by atoms with E-state index in [2.05, 4.69) is 12.2 Å². The minimum Gasteiger partial charge on any atom is -0.381 e. The molecule has 2 nitrogen and oxygen atoms in total. The van der Waals surface area contributed by atoms with E-state index in [0.29, 0.717) is 6.10 Å². The van der Waals surface area contributed by atoms with E-state index in [4.69, 9.17) is 4.74 Å². The van der Waals surface area contributed by atoms with Gasteiger partial charge in [-0.25, -0.2) is 0 Å². The first kappa shape index (κ1) is 8.02. The van der Waals surface area contributed by atoms with E-state index in [0.717, 1.165) is 12.6 Å². The van der Waals surface area contributed by atoms with Gasteiger partial charge in [0.15, 0.2) is 0 Å². The van der Waals surface area contributed by atoms with E-state index in [1.54, 1.807) is 7.11 Å². The summed E-state index contributed by atoms with van der Waals surface area (Å²) in [7, 11) is 1.80. The fraction of sp³-hybridized carbons (Fsp3) is 1.00. The van der Waals surface area contributed by atoms with Crippen molar-refractivity contribution in [3.05, 3.63) is 0 Å². The number of hydrogen-bond donors (Lipinski definition) is 1. The maximum atomic E-state index is 5.25. The fourth-order valence-corrected chi connectivity index (χ4v) is 1.63. The van der Waals surface area contributed by atoms with Gasteiger partial charge in [-0.3, -0.25) is 0 Å². The van der Waals surface area contributed by atoms with Crippen molar-refractivity contribution in [1.29, 1.82) is 0 Å². The van der Waals surface area contributed by atoms with Crippen LogP contribution in [0.2, 0.25) is 0 Å². The van der Waals surface area contributed by atoms with Crippen molar-refractivity contribution in [3.63, 3.8) is 0 Å². The van der Waals surface area contributed by atoms with Crippen molar-refractivity contribution in [2.45, 2.75) is 38.3 Å². The molecule has 0 amide bonds. The van der Waals surface area contributed by atoms with Crippen LogP contribution >= 0.6 is 0 Å². The molecule has 1 fully saturated rings. The zero-order chi connectivity index (χ0) is 7.40. The first-order valence-corrected chi connectivity index (χ1v) is 4.13. The quantitative estimate of drug-likeness (QED) is 0.640. The number of methoxy groups -OCH3 is 1. The molecule has 0 unspecified atom stereocenters. The molecule has 1 N–H and O–H groups in total. The summed E-state index contributed by atoms with van der Waals surface area (Å²) in [4.78, 5) is 0. The van der Waals surface area contributed by atoms with E-state index in [-0.39, 0.29) is 0 Å². The van der Waals surface area contributed by atoms with E-state index in [1.165, 1.54) is 19.3 Å². The van der Waals surface area contributed by atoms with Gasteiger partial charge in [-0.15, -0.1) is 0 Å². The van der Waals surface area contributed by atoms with Gasteiger partial charge in [-0.1, -0.05) is 6.92 Å². The molecular weight excluding hydrogens is 126 g/mol. The molecule has 0 bridgehead atoms. The fourth-order valence-electron chi connectivity index (χ4n) is 1.63. The number of nitrogens with one attached hydrogen (secondary N) is 1. The molecule has 1 rings (SSSR count). The first-order valence-electron chi connectivity index (χ1n) is 4.13. The highest BCUT2D eigenvalue weighted by Gasteiger charge is 2.22. The molecule has 2 heteroatoms. The van der Waals surface area contributed by atoms with Gasteiger partial charge in [0, 0.05) is 13.2 Å². The summed E-state index contributed by atoms with van der Waals surface area (Å²) >= 11 is 0. The minimum absolute atomic E-state index is 0.518. The Hall–Kier alpha value is -0.0800. The van der Waals surface area contributed by atoms with Gasteiger partial charge >= 0.3 is 0 Å². The van der Waals surface area contributed by atoms with Crippen LogP contribution in [0, 0.1) is 0 Å². The van der Waals surface area contributed by atoms with Crippen molar-refractivity contribution < 1.29 is 4.74 Å². The van der Waals surface area contributed by atoms with Crippen LogP contribution in [0.3, 0.4) is 0 Å². The molecule has 1 aliphatic rings. The van der Waals surface area contributed by atoms with E-state index in [1.807, 2.05) is 0 Å². The second kappa shape index (κ2) is 3.94. The van der Waals surface area contributed by atoms with Gasteiger partial charge < -0.3 is 10.1 Å². The predicted octanol–water partition coefficient (Wildman–Crippen LogP) is 1.16. The zero-order valence-electron chi connectivity index (χ0n) is 6.89. The van der Waals surface area contributed by atoms with Crippen molar-refractivity contribution in [2.75, 3.05) is 13.7 Å². The molecule has 1 aliphatic carbocycles. The van der Waals surface area contributed by atoms with Crippen LogP contribution < -0.4 is 5.32 Å². The van der Waals surface area contributed by atoms with Crippen LogP contribution in [0.5, 0.6) is 0 Å². The lowest BCUT2D eigenvalue weighted by atomic mass is 10.2. The lowest BCUT2D eigenvalue weighted by Crippen LogP contribution is -2.26. The molecule has 0 aromatic heterocycles. The summed E-state index contributed by atoms with van der Waals surface area (Å²) in [5, 5.41) is 3.43. The van der Waals surface area contributed by atoms with Crippen LogP contribution in [0.4, 0.5) is 0 Å². The minimum atomic E-state index is 0.518. The third-order valence-corrected chi connectivity index (χ3v) is 2.21. The van der Waals surface area contributed by atoms with E-state index >= 15 is 0 Å². The Kier molecular flexibility index (Phi) is 3.16. The smallest absolute Gasteiger partial charge is 0.0586 e. The summed E-state index contributed by atoms with van der Waals surface area (Å²) in [5.74, 6) is 0. The lowest BCUT2D eigenvalue weighted by molar-refractivity contribution is 0.107. The van der Waals surface area contributed by atoms with Crippen molar-refractivity contribution in [2.24, 2.45) is 0 Å². The summed E-state index contributed by atoms with van der Waals surface area (Å²) in [6.45, 7) is 3.24. The highest BCUT2D eigenvalue weighted by Crippen LogP contribution is 2.20. The molecule has 0 aromatic rings. The van der Waals surface area contributed by atoms with E-state index in [9.17, 15) is 0 Å². The second-order valence-corrected chi connectivity index (χ2v) is 2.93. The Balaban J connectivity index is 2.15. The van der Waals surface area contributed by atoms with Gasteiger partial charge in [-0.05, 0) is 25.8 Å². The topological polar surface area (TPSA) is 21.3 Å². The highest BCUT2D eigenvalue weighted by molar-refractivity contribution is 4.80. The SMILES string of the molecule is CCN[C@@H]1CC[C@@H](OC)C1. The van der Waals surface area contributed by atoms with Crippen LogP contribution in [0.1, 0.15) is 26.2 Å². The maximum Gasteiger partial charge on any atom is 0.0586 e. The number of rotatable bonds is 3. The molecule has 0 saturated heterocycles. The zero-order valence-corrected chi connectivity index (χ0v) is 6.89. The Labute approximate surface area is 63.0 Å². The molecule has 0 radical (unpaired) electrons. The number of hydrogen-bond acceptors (Lipinski definition) is 2. The highest BCUT2D eigenvalue weighted by atomic mass is 16.5. The van der Waals surface area contributed by atoms with Crippen LogP contribution in [0.25, 0.3) is 0 Å². The average molecular weight is 143 g/mol. The third-order valence-electron chi connectivity index (χ3n) is 2.21. The van der Waals surface area contributed by atoms with Gasteiger partial charge in [0.1, 0.15) is 0 Å². The molecule has 1 saturated carbocycles. The van der Waals surface area contributed by atoms with Crippen LogP contribution in [-0.4, -0.2) is 25.8 Å². The predicted molar refractivity (Wildman–Crippen MR) is 42.1 cm³/mol. The molecule has 60 valence electrons. The Morgan fingerprint density at radius 2 is 2.30 bits per heavy atom. The second-order valence-electron chi connectivity index (χ2n) is 2.93. The summed E-state index contributed by atoms with van der Waals surface area (Å²) in [6.07, 6.45) is 4.23. The molecule has 10 heavy (non-hydrogen) atoms. The van der Waals surface area contributed by atoms with Gasteiger partial charge in [0.05, 0.1) is 6.10 Å². The Bertz CT molecular complexity index is 95.3. The van der Waals surface area contributed by atoms with Crippen molar-refractivity contribution in [1.82, 2.24) is 5.32 Å². The first-order chi connectivity index (χ1) is 4.86. The molecule has 2 atom stereocenters. The van der Waals surface area contributed by atoms with E-state index < -0.39 is 0 Å². The molecule has 0 spiro atoms.